The number of benzene rings is 2. The Hall–Kier alpha value is -4.48. The Morgan fingerprint density at radius 2 is 0.912 bits per heavy atom. The average molecular weight is 472 g/mol. The standard InChI is InChI=1S/C22H24N4O8/c1-13-15(5-3-7-17(13)25(9-19(27)28)10-20(29)30)23-24-16-6-4-8-18(14(16)2)26(11-21(31)32)12-22(33)34/h3-8H,9-12H2,1-2H3,(H,27,28)(H,29,30)(H,31,32)(H,33,34). The predicted octanol–water partition coefficient (Wildman–Crippen LogP) is 2.67. The van der Waals surface area contributed by atoms with Crippen molar-refractivity contribution < 1.29 is 39.6 Å². The van der Waals surface area contributed by atoms with Crippen LogP contribution in [0.25, 0.3) is 0 Å². The Balaban J connectivity index is 2.42. The highest BCUT2D eigenvalue weighted by Gasteiger charge is 2.19. The number of anilines is 2. The predicted molar refractivity (Wildman–Crippen MR) is 122 cm³/mol. The van der Waals surface area contributed by atoms with E-state index in [2.05, 4.69) is 10.2 Å². The van der Waals surface area contributed by atoms with Gasteiger partial charge in [-0.25, -0.2) is 0 Å². The Kier molecular flexibility index (Phi) is 8.65. The first-order valence-corrected chi connectivity index (χ1v) is 9.97. The van der Waals surface area contributed by atoms with E-state index < -0.39 is 50.1 Å². The second-order valence-electron chi connectivity index (χ2n) is 7.33. The second-order valence-corrected chi connectivity index (χ2v) is 7.33. The van der Waals surface area contributed by atoms with Gasteiger partial charge in [0.25, 0.3) is 0 Å². The van der Waals surface area contributed by atoms with Crippen LogP contribution in [-0.2, 0) is 19.2 Å². The van der Waals surface area contributed by atoms with Gasteiger partial charge in [0.05, 0.1) is 11.4 Å². The number of hydrogen-bond acceptors (Lipinski definition) is 8. The zero-order chi connectivity index (χ0) is 25.4. The number of hydrogen-bond donors (Lipinski definition) is 4. The summed E-state index contributed by atoms with van der Waals surface area (Å²) in [4.78, 5) is 47.1. The molecule has 0 radical (unpaired) electrons. The smallest absolute Gasteiger partial charge is 0.323 e. The first-order valence-electron chi connectivity index (χ1n) is 9.97. The Bertz CT molecular complexity index is 1010. The minimum Gasteiger partial charge on any atom is -0.480 e. The molecule has 0 unspecified atom stereocenters. The number of carboxylic acid groups (broad SMARTS) is 4. The van der Waals surface area contributed by atoms with Gasteiger partial charge in [-0.05, 0) is 49.2 Å². The highest BCUT2D eigenvalue weighted by Crippen LogP contribution is 2.33. The lowest BCUT2D eigenvalue weighted by Crippen LogP contribution is -2.34. The zero-order valence-electron chi connectivity index (χ0n) is 18.5. The minimum atomic E-state index is -1.19. The van der Waals surface area contributed by atoms with E-state index in [0.717, 1.165) is 0 Å². The van der Waals surface area contributed by atoms with Crippen molar-refractivity contribution in [2.75, 3.05) is 36.0 Å². The molecule has 4 N–H and O–H groups in total. The summed E-state index contributed by atoms with van der Waals surface area (Å²) in [5.41, 5.74) is 2.52. The van der Waals surface area contributed by atoms with E-state index in [1.54, 1.807) is 50.2 Å². The SMILES string of the molecule is Cc1c(N=Nc2cccc(N(CC(=O)O)CC(=O)O)c2C)cccc1N(CC(=O)O)CC(=O)O. The summed E-state index contributed by atoms with van der Waals surface area (Å²) >= 11 is 0. The Morgan fingerprint density at radius 1 is 0.618 bits per heavy atom. The molecule has 2 aromatic carbocycles. The molecular weight excluding hydrogens is 448 g/mol. The molecule has 0 heterocycles. The third-order valence-electron chi connectivity index (χ3n) is 4.80. The molecule has 0 spiro atoms. The molecule has 0 aliphatic carbocycles. The lowest BCUT2D eigenvalue weighted by atomic mass is 10.1. The van der Waals surface area contributed by atoms with E-state index in [0.29, 0.717) is 33.9 Å². The van der Waals surface area contributed by atoms with E-state index in [1.807, 2.05) is 0 Å². The van der Waals surface area contributed by atoms with E-state index in [-0.39, 0.29) is 0 Å². The van der Waals surface area contributed by atoms with E-state index >= 15 is 0 Å². The second kappa shape index (κ2) is 11.4. The zero-order valence-corrected chi connectivity index (χ0v) is 18.5. The van der Waals surface area contributed by atoms with Crippen LogP contribution >= 0.6 is 0 Å². The van der Waals surface area contributed by atoms with E-state index in [9.17, 15) is 19.2 Å². The first-order chi connectivity index (χ1) is 16.0. The van der Waals surface area contributed by atoms with Gasteiger partial charge in [-0.3, -0.25) is 19.2 Å². The Labute approximate surface area is 194 Å². The van der Waals surface area contributed by atoms with Crippen molar-refractivity contribution in [1.82, 2.24) is 0 Å². The molecule has 2 aromatic rings. The summed E-state index contributed by atoms with van der Waals surface area (Å²) in [5, 5.41) is 44.9. The largest absolute Gasteiger partial charge is 0.480 e. The van der Waals surface area contributed by atoms with E-state index in [4.69, 9.17) is 20.4 Å². The molecule has 0 atom stereocenters. The number of carboxylic acids is 4. The molecule has 0 bridgehead atoms. The summed E-state index contributed by atoms with van der Waals surface area (Å²) < 4.78 is 0. The summed E-state index contributed by atoms with van der Waals surface area (Å²) in [6, 6.07) is 9.62. The molecule has 180 valence electrons. The van der Waals surface area contributed by atoms with Crippen LogP contribution in [0.2, 0.25) is 0 Å². The molecule has 12 nitrogen and oxygen atoms in total. The molecule has 0 saturated heterocycles. The fourth-order valence-electron chi connectivity index (χ4n) is 3.34. The molecular formula is C22H24N4O8. The molecule has 0 aliphatic heterocycles. The lowest BCUT2D eigenvalue weighted by Gasteiger charge is -2.23. The molecule has 2 rings (SSSR count). The number of nitrogens with zero attached hydrogens (tertiary/aromatic N) is 4. The van der Waals surface area contributed by atoms with Gasteiger partial charge in [0.2, 0.25) is 0 Å². The fourth-order valence-corrected chi connectivity index (χ4v) is 3.34. The van der Waals surface area contributed by atoms with Crippen LogP contribution in [0, 0.1) is 13.8 Å². The third kappa shape index (κ3) is 7.02. The van der Waals surface area contributed by atoms with Crippen LogP contribution in [-0.4, -0.2) is 70.5 Å². The maximum Gasteiger partial charge on any atom is 0.323 e. The number of azo groups is 1. The van der Waals surface area contributed by atoms with Crippen molar-refractivity contribution in [2.24, 2.45) is 10.2 Å². The van der Waals surface area contributed by atoms with Gasteiger partial charge in [-0.2, -0.15) is 10.2 Å². The van der Waals surface area contributed by atoms with Crippen molar-refractivity contribution in [1.29, 1.82) is 0 Å². The van der Waals surface area contributed by atoms with Crippen LogP contribution < -0.4 is 9.80 Å². The maximum absolute atomic E-state index is 11.2. The fraction of sp³-hybridized carbons (Fsp3) is 0.273. The van der Waals surface area contributed by atoms with Crippen LogP contribution in [0.5, 0.6) is 0 Å². The van der Waals surface area contributed by atoms with Crippen LogP contribution in [0.1, 0.15) is 11.1 Å². The number of aliphatic carboxylic acids is 4. The van der Waals surface area contributed by atoms with Gasteiger partial charge >= 0.3 is 23.9 Å². The molecule has 34 heavy (non-hydrogen) atoms. The first kappa shape index (κ1) is 25.8. The van der Waals surface area contributed by atoms with Crippen molar-refractivity contribution >= 4 is 46.6 Å². The van der Waals surface area contributed by atoms with Crippen LogP contribution in [0.3, 0.4) is 0 Å². The average Bonchev–Trinajstić information content (AvgIpc) is 2.71. The van der Waals surface area contributed by atoms with Crippen molar-refractivity contribution in [3.8, 4) is 0 Å². The van der Waals surface area contributed by atoms with Gasteiger partial charge in [0.15, 0.2) is 0 Å². The van der Waals surface area contributed by atoms with Crippen molar-refractivity contribution in [2.45, 2.75) is 13.8 Å². The summed E-state index contributed by atoms with van der Waals surface area (Å²) in [6.45, 7) is 1.25. The summed E-state index contributed by atoms with van der Waals surface area (Å²) in [6.07, 6.45) is 0. The molecule has 0 amide bonds. The molecule has 0 fully saturated rings. The van der Waals surface area contributed by atoms with Gasteiger partial charge in [-0.1, -0.05) is 12.1 Å². The summed E-state index contributed by atoms with van der Waals surface area (Å²) in [5.74, 6) is -4.75. The number of carbonyl (C=O) groups is 4. The van der Waals surface area contributed by atoms with Crippen molar-refractivity contribution in [3.05, 3.63) is 47.5 Å². The van der Waals surface area contributed by atoms with Crippen LogP contribution in [0.4, 0.5) is 22.7 Å². The van der Waals surface area contributed by atoms with Gasteiger partial charge in [0.1, 0.15) is 26.2 Å². The highest BCUT2D eigenvalue weighted by atomic mass is 16.4. The molecule has 12 heteroatoms. The molecule has 0 saturated carbocycles. The molecule has 0 aromatic heterocycles. The third-order valence-corrected chi connectivity index (χ3v) is 4.80. The van der Waals surface area contributed by atoms with Gasteiger partial charge in [0, 0.05) is 11.4 Å². The lowest BCUT2D eigenvalue weighted by molar-refractivity contribution is -0.138. The monoisotopic (exact) mass is 472 g/mol. The number of rotatable bonds is 12. The Morgan fingerprint density at radius 3 is 1.18 bits per heavy atom. The van der Waals surface area contributed by atoms with Gasteiger partial charge in [-0.15, -0.1) is 0 Å². The minimum absolute atomic E-state index is 0.371. The van der Waals surface area contributed by atoms with Crippen LogP contribution in [0.15, 0.2) is 46.6 Å². The normalized spacial score (nSPS) is 10.8. The van der Waals surface area contributed by atoms with E-state index in [1.165, 1.54) is 9.80 Å². The topological polar surface area (TPSA) is 180 Å². The highest BCUT2D eigenvalue weighted by molar-refractivity contribution is 5.82. The quantitative estimate of drug-likeness (QED) is 0.335. The maximum atomic E-state index is 11.2. The van der Waals surface area contributed by atoms with Crippen molar-refractivity contribution in [3.63, 3.8) is 0 Å². The molecule has 0 aliphatic rings. The van der Waals surface area contributed by atoms with Gasteiger partial charge < -0.3 is 30.2 Å². The summed E-state index contributed by atoms with van der Waals surface area (Å²) in [7, 11) is 0.